The fourth-order valence-electron chi connectivity index (χ4n) is 5.19. The van der Waals surface area contributed by atoms with Crippen molar-refractivity contribution in [2.24, 2.45) is 5.73 Å². The quantitative estimate of drug-likeness (QED) is 0.609. The van der Waals surface area contributed by atoms with E-state index >= 15 is 0 Å². The molecule has 0 aromatic carbocycles. The van der Waals surface area contributed by atoms with Gasteiger partial charge in [0.15, 0.2) is 0 Å². The van der Waals surface area contributed by atoms with Gasteiger partial charge in [0, 0.05) is 42.3 Å². The van der Waals surface area contributed by atoms with Crippen molar-refractivity contribution < 1.29 is 14.4 Å². The van der Waals surface area contributed by atoms with Gasteiger partial charge >= 0.3 is 0 Å². The van der Waals surface area contributed by atoms with Crippen LogP contribution in [-0.4, -0.2) is 56.8 Å². The van der Waals surface area contributed by atoms with Crippen molar-refractivity contribution in [3.05, 3.63) is 24.0 Å². The summed E-state index contributed by atoms with van der Waals surface area (Å²) < 4.78 is 0. The SMILES string of the molecule is NC(=O)c1cnc2[nH]ccc2c1N[C@@H]1C[C@H]2CC[C@@H](C1)N2C(=O)[C@H]1CCC(=O)N1. The van der Waals surface area contributed by atoms with Gasteiger partial charge in [0.25, 0.3) is 5.91 Å². The molecule has 9 nitrogen and oxygen atoms in total. The van der Waals surface area contributed by atoms with Gasteiger partial charge in [0.1, 0.15) is 11.7 Å². The molecule has 5 rings (SSSR count). The number of nitrogens with two attached hydrogens (primary N) is 1. The van der Waals surface area contributed by atoms with E-state index in [1.54, 1.807) is 6.20 Å². The summed E-state index contributed by atoms with van der Waals surface area (Å²) in [5.74, 6) is -0.508. The van der Waals surface area contributed by atoms with Crippen molar-refractivity contribution in [2.75, 3.05) is 5.32 Å². The predicted molar refractivity (Wildman–Crippen MR) is 106 cm³/mol. The second-order valence-corrected chi connectivity index (χ2v) is 8.25. The van der Waals surface area contributed by atoms with Crippen molar-refractivity contribution in [2.45, 2.75) is 62.7 Å². The Hall–Kier alpha value is -3.10. The molecule has 3 fully saturated rings. The molecule has 9 heteroatoms. The van der Waals surface area contributed by atoms with E-state index in [1.165, 1.54) is 6.20 Å². The van der Waals surface area contributed by atoms with Crippen LogP contribution in [0.25, 0.3) is 11.0 Å². The maximum atomic E-state index is 13.0. The third-order valence-electron chi connectivity index (χ3n) is 6.48. The highest BCUT2D eigenvalue weighted by Gasteiger charge is 2.46. The first-order chi connectivity index (χ1) is 14.0. The number of carbonyl (C=O) groups is 3. The zero-order valence-electron chi connectivity index (χ0n) is 16.0. The van der Waals surface area contributed by atoms with Crippen LogP contribution in [0.3, 0.4) is 0 Å². The molecule has 152 valence electrons. The van der Waals surface area contributed by atoms with Crippen LogP contribution >= 0.6 is 0 Å². The van der Waals surface area contributed by atoms with Gasteiger partial charge in [-0.25, -0.2) is 4.98 Å². The van der Waals surface area contributed by atoms with Crippen LogP contribution in [0.15, 0.2) is 18.5 Å². The Bertz CT molecular complexity index is 987. The molecular formula is C20H24N6O3. The molecule has 4 atom stereocenters. The normalized spacial score (nSPS) is 28.6. The molecule has 5 N–H and O–H groups in total. The molecule has 0 spiro atoms. The van der Waals surface area contributed by atoms with E-state index < -0.39 is 5.91 Å². The monoisotopic (exact) mass is 396 g/mol. The van der Waals surface area contributed by atoms with E-state index in [0.717, 1.165) is 31.1 Å². The van der Waals surface area contributed by atoms with Crippen LogP contribution < -0.4 is 16.4 Å². The molecule has 29 heavy (non-hydrogen) atoms. The fraction of sp³-hybridized carbons (Fsp3) is 0.500. The van der Waals surface area contributed by atoms with Crippen molar-refractivity contribution in [1.82, 2.24) is 20.2 Å². The number of carbonyl (C=O) groups excluding carboxylic acids is 3. The van der Waals surface area contributed by atoms with Gasteiger partial charge in [0.05, 0.1) is 11.3 Å². The number of amides is 3. The summed E-state index contributed by atoms with van der Waals surface area (Å²) in [4.78, 5) is 45.7. The molecule has 3 aliphatic rings. The molecule has 0 radical (unpaired) electrons. The first kappa shape index (κ1) is 18.0. The van der Waals surface area contributed by atoms with Crippen molar-refractivity contribution in [3.8, 4) is 0 Å². The Morgan fingerprint density at radius 3 is 2.62 bits per heavy atom. The van der Waals surface area contributed by atoms with Crippen LogP contribution in [0.4, 0.5) is 5.69 Å². The second-order valence-electron chi connectivity index (χ2n) is 8.25. The Morgan fingerprint density at radius 1 is 1.21 bits per heavy atom. The molecule has 3 amide bonds. The Morgan fingerprint density at radius 2 is 1.97 bits per heavy atom. The Kier molecular flexibility index (Phi) is 4.18. The number of aromatic amines is 1. The van der Waals surface area contributed by atoms with Crippen LogP contribution in [-0.2, 0) is 9.59 Å². The zero-order chi connectivity index (χ0) is 20.1. The number of rotatable bonds is 4. The molecule has 2 aromatic heterocycles. The maximum Gasteiger partial charge on any atom is 0.252 e. The number of anilines is 1. The summed E-state index contributed by atoms with van der Waals surface area (Å²) in [5.41, 5.74) is 7.35. The molecule has 5 heterocycles. The minimum atomic E-state index is -0.518. The predicted octanol–water partition coefficient (Wildman–Crippen LogP) is 0.874. The molecule has 0 saturated carbocycles. The number of H-pyrrole nitrogens is 1. The summed E-state index contributed by atoms with van der Waals surface area (Å²) in [7, 11) is 0. The van der Waals surface area contributed by atoms with Gasteiger partial charge in [-0.3, -0.25) is 14.4 Å². The summed E-state index contributed by atoms with van der Waals surface area (Å²) in [6.07, 6.45) is 7.83. The maximum absolute atomic E-state index is 13.0. The second kappa shape index (κ2) is 6.75. The number of primary amides is 1. The van der Waals surface area contributed by atoms with Crippen LogP contribution in [0.5, 0.6) is 0 Å². The lowest BCUT2D eigenvalue weighted by Gasteiger charge is -2.40. The molecule has 3 saturated heterocycles. The zero-order valence-corrected chi connectivity index (χ0v) is 16.0. The number of aromatic nitrogens is 2. The van der Waals surface area contributed by atoms with E-state index in [1.807, 2.05) is 11.0 Å². The lowest BCUT2D eigenvalue weighted by Crippen LogP contribution is -2.54. The van der Waals surface area contributed by atoms with Crippen molar-refractivity contribution >= 4 is 34.4 Å². The molecule has 3 aliphatic heterocycles. The molecular weight excluding hydrogens is 372 g/mol. The van der Waals surface area contributed by atoms with Crippen molar-refractivity contribution in [3.63, 3.8) is 0 Å². The Balaban J connectivity index is 1.36. The lowest BCUT2D eigenvalue weighted by atomic mass is 9.95. The third kappa shape index (κ3) is 3.01. The van der Waals surface area contributed by atoms with Crippen LogP contribution in [0.1, 0.15) is 48.9 Å². The average molecular weight is 396 g/mol. The summed E-state index contributed by atoms with van der Waals surface area (Å²) >= 11 is 0. The average Bonchev–Trinajstić information content (AvgIpc) is 3.39. The van der Waals surface area contributed by atoms with Gasteiger partial charge in [-0.1, -0.05) is 0 Å². The van der Waals surface area contributed by atoms with Crippen molar-refractivity contribution in [1.29, 1.82) is 0 Å². The Labute approximate surface area is 167 Å². The molecule has 2 aromatic rings. The first-order valence-electron chi connectivity index (χ1n) is 10.1. The standard InChI is InChI=1S/C20H24N6O3/c21-18(28)14-9-23-19-13(5-6-22-19)17(14)24-10-7-11-1-2-12(8-10)26(11)20(29)15-3-4-16(27)25-15/h5-6,9-12,15H,1-4,7-8H2,(H2,21,28)(H,25,27)(H2,22,23,24)/t10-,11-,12+,15-/m1/s1. The third-order valence-corrected chi connectivity index (χ3v) is 6.48. The topological polar surface area (TPSA) is 133 Å². The van der Waals surface area contributed by atoms with Gasteiger partial charge in [0.2, 0.25) is 11.8 Å². The van der Waals surface area contributed by atoms with E-state index in [9.17, 15) is 14.4 Å². The van der Waals surface area contributed by atoms with Gasteiger partial charge in [-0.2, -0.15) is 0 Å². The number of fused-ring (bicyclic) bond motifs is 3. The number of nitrogens with zero attached hydrogens (tertiary/aromatic N) is 2. The van der Waals surface area contributed by atoms with Gasteiger partial charge in [-0.15, -0.1) is 0 Å². The first-order valence-corrected chi connectivity index (χ1v) is 10.1. The van der Waals surface area contributed by atoms with Gasteiger partial charge in [-0.05, 0) is 38.2 Å². The van der Waals surface area contributed by atoms with E-state index in [-0.39, 0.29) is 36.0 Å². The minimum absolute atomic E-state index is 0.0422. The minimum Gasteiger partial charge on any atom is -0.381 e. The molecule has 2 bridgehead atoms. The van der Waals surface area contributed by atoms with E-state index in [2.05, 4.69) is 20.6 Å². The number of hydrogen-bond donors (Lipinski definition) is 4. The molecule has 0 aliphatic carbocycles. The highest BCUT2D eigenvalue weighted by atomic mass is 16.2. The number of hydrogen-bond acceptors (Lipinski definition) is 5. The molecule has 0 unspecified atom stereocenters. The van der Waals surface area contributed by atoms with Gasteiger partial charge < -0.3 is 26.3 Å². The summed E-state index contributed by atoms with van der Waals surface area (Å²) in [6.45, 7) is 0. The summed E-state index contributed by atoms with van der Waals surface area (Å²) in [6, 6.07) is 1.94. The van der Waals surface area contributed by atoms with Crippen LogP contribution in [0, 0.1) is 0 Å². The summed E-state index contributed by atoms with van der Waals surface area (Å²) in [5, 5.41) is 7.16. The number of nitrogens with one attached hydrogen (secondary N) is 3. The number of piperidine rings is 1. The highest BCUT2D eigenvalue weighted by molar-refractivity contribution is 6.06. The highest BCUT2D eigenvalue weighted by Crippen LogP contribution is 2.39. The van der Waals surface area contributed by atoms with Crippen LogP contribution in [0.2, 0.25) is 0 Å². The smallest absolute Gasteiger partial charge is 0.252 e. The van der Waals surface area contributed by atoms with E-state index in [4.69, 9.17) is 5.73 Å². The lowest BCUT2D eigenvalue weighted by molar-refractivity contribution is -0.138. The van der Waals surface area contributed by atoms with E-state index in [0.29, 0.717) is 29.7 Å². The fourth-order valence-corrected chi connectivity index (χ4v) is 5.19. The largest absolute Gasteiger partial charge is 0.381 e. The number of pyridine rings is 1.